The highest BCUT2D eigenvalue weighted by Crippen LogP contribution is 2.24. The number of nitrogens with one attached hydrogen (secondary N) is 2. The van der Waals surface area contributed by atoms with E-state index < -0.39 is 0 Å². The monoisotopic (exact) mass is 389 g/mol. The fraction of sp³-hybridized carbons (Fsp3) is 0.182. The quantitative estimate of drug-likeness (QED) is 0.580. The maximum Gasteiger partial charge on any atom is 0.244 e. The molecule has 7 nitrogen and oxygen atoms in total. The van der Waals surface area contributed by atoms with Crippen LogP contribution in [0.3, 0.4) is 0 Å². The first-order chi connectivity index (χ1) is 14.2. The summed E-state index contributed by atoms with van der Waals surface area (Å²) in [6.07, 6.45) is 9.22. The third-order valence-electron chi connectivity index (χ3n) is 4.11. The summed E-state index contributed by atoms with van der Waals surface area (Å²) < 4.78 is 1.76. The van der Waals surface area contributed by atoms with Gasteiger partial charge in [0.2, 0.25) is 11.8 Å². The van der Waals surface area contributed by atoms with E-state index in [4.69, 9.17) is 0 Å². The molecule has 148 valence electrons. The van der Waals surface area contributed by atoms with Crippen LogP contribution in [0.15, 0.2) is 67.1 Å². The van der Waals surface area contributed by atoms with Crippen molar-refractivity contribution in [1.29, 1.82) is 0 Å². The molecule has 0 bridgehead atoms. The number of carbonyl (C=O) groups excluding carboxylic acids is 2. The standard InChI is InChI=1S/C22H23N5O2/c1-2-12-24-21(29)15-25-20(28)11-10-18-16-27(19-8-4-3-5-9-19)26-22(18)17-7-6-13-23-14-17/h3-11,13-14,16H,2,12,15H2,1H3,(H,24,29)(H,25,28)/b11-10+. The van der Waals surface area contributed by atoms with Gasteiger partial charge in [-0.15, -0.1) is 0 Å². The maximum absolute atomic E-state index is 12.1. The van der Waals surface area contributed by atoms with Crippen molar-refractivity contribution in [3.63, 3.8) is 0 Å². The average Bonchev–Trinajstić information content (AvgIpc) is 3.20. The fourth-order valence-corrected chi connectivity index (χ4v) is 2.67. The number of amides is 2. The molecule has 3 rings (SSSR count). The number of hydrogen-bond acceptors (Lipinski definition) is 4. The molecule has 0 radical (unpaired) electrons. The molecule has 2 N–H and O–H groups in total. The van der Waals surface area contributed by atoms with Crippen LogP contribution in [0, 0.1) is 0 Å². The van der Waals surface area contributed by atoms with Crippen molar-refractivity contribution in [2.24, 2.45) is 0 Å². The van der Waals surface area contributed by atoms with Crippen molar-refractivity contribution in [3.05, 3.63) is 72.7 Å². The minimum Gasteiger partial charge on any atom is -0.355 e. The van der Waals surface area contributed by atoms with Crippen LogP contribution in [-0.4, -0.2) is 39.7 Å². The zero-order chi connectivity index (χ0) is 20.5. The highest BCUT2D eigenvalue weighted by molar-refractivity contribution is 5.95. The number of carbonyl (C=O) groups is 2. The summed E-state index contributed by atoms with van der Waals surface area (Å²) in [4.78, 5) is 27.9. The van der Waals surface area contributed by atoms with Crippen LogP contribution >= 0.6 is 0 Å². The van der Waals surface area contributed by atoms with Crippen LogP contribution in [0.1, 0.15) is 18.9 Å². The lowest BCUT2D eigenvalue weighted by molar-refractivity contribution is -0.123. The summed E-state index contributed by atoms with van der Waals surface area (Å²) in [5, 5.41) is 9.96. The molecule has 0 aliphatic rings. The number of hydrogen-bond donors (Lipinski definition) is 2. The van der Waals surface area contributed by atoms with Gasteiger partial charge in [-0.1, -0.05) is 25.1 Å². The van der Waals surface area contributed by atoms with E-state index in [1.54, 1.807) is 23.2 Å². The Labute approximate surface area is 169 Å². The van der Waals surface area contributed by atoms with Crippen LogP contribution in [0.5, 0.6) is 0 Å². The zero-order valence-electron chi connectivity index (χ0n) is 16.2. The molecule has 29 heavy (non-hydrogen) atoms. The van der Waals surface area contributed by atoms with E-state index in [9.17, 15) is 9.59 Å². The molecule has 2 amide bonds. The second-order valence-electron chi connectivity index (χ2n) is 6.36. The molecule has 7 heteroatoms. The van der Waals surface area contributed by atoms with Crippen molar-refractivity contribution < 1.29 is 9.59 Å². The Bertz CT molecular complexity index is 981. The molecular weight excluding hydrogens is 366 g/mol. The number of para-hydroxylation sites is 1. The molecule has 0 saturated heterocycles. The molecule has 2 heterocycles. The Morgan fingerprint density at radius 2 is 1.93 bits per heavy atom. The summed E-state index contributed by atoms with van der Waals surface area (Å²) in [6, 6.07) is 13.5. The van der Waals surface area contributed by atoms with E-state index in [0.717, 1.165) is 23.2 Å². The number of nitrogens with zero attached hydrogens (tertiary/aromatic N) is 3. The van der Waals surface area contributed by atoms with E-state index in [1.165, 1.54) is 6.08 Å². The molecule has 3 aromatic rings. The molecule has 0 unspecified atom stereocenters. The molecule has 0 saturated carbocycles. The summed E-state index contributed by atoms with van der Waals surface area (Å²) in [7, 11) is 0. The van der Waals surface area contributed by atoms with Crippen molar-refractivity contribution in [2.45, 2.75) is 13.3 Å². The lowest BCUT2D eigenvalue weighted by Gasteiger charge is -2.03. The molecule has 1 aromatic carbocycles. The predicted molar refractivity (Wildman–Crippen MR) is 112 cm³/mol. The van der Waals surface area contributed by atoms with Gasteiger partial charge in [0.1, 0.15) is 5.69 Å². The van der Waals surface area contributed by atoms with Gasteiger partial charge in [-0.2, -0.15) is 5.10 Å². The topological polar surface area (TPSA) is 88.9 Å². The van der Waals surface area contributed by atoms with E-state index >= 15 is 0 Å². The van der Waals surface area contributed by atoms with Gasteiger partial charge in [0.15, 0.2) is 0 Å². The normalized spacial score (nSPS) is 10.8. The number of pyridine rings is 1. The van der Waals surface area contributed by atoms with Crippen molar-refractivity contribution in [3.8, 4) is 16.9 Å². The van der Waals surface area contributed by atoms with Crippen LogP contribution in [-0.2, 0) is 9.59 Å². The molecule has 2 aromatic heterocycles. The summed E-state index contributed by atoms with van der Waals surface area (Å²) in [6.45, 7) is 2.51. The van der Waals surface area contributed by atoms with Gasteiger partial charge in [0.25, 0.3) is 0 Å². The van der Waals surface area contributed by atoms with Crippen LogP contribution < -0.4 is 10.6 Å². The molecule has 0 fully saturated rings. The van der Waals surface area contributed by atoms with E-state index in [0.29, 0.717) is 12.2 Å². The van der Waals surface area contributed by atoms with Gasteiger partial charge in [0.05, 0.1) is 12.2 Å². The minimum absolute atomic E-state index is 0.0537. The highest BCUT2D eigenvalue weighted by Gasteiger charge is 2.11. The second-order valence-corrected chi connectivity index (χ2v) is 6.36. The first kappa shape index (κ1) is 20.0. The SMILES string of the molecule is CCCNC(=O)CNC(=O)/C=C/c1cn(-c2ccccc2)nc1-c1cccnc1. The number of benzene rings is 1. The third kappa shape index (κ3) is 5.62. The highest BCUT2D eigenvalue weighted by atomic mass is 16.2. The Kier molecular flexibility index (Phi) is 6.89. The van der Waals surface area contributed by atoms with Crippen LogP contribution in [0.4, 0.5) is 0 Å². The molecular formula is C22H23N5O2. The van der Waals surface area contributed by atoms with Gasteiger partial charge < -0.3 is 10.6 Å². The molecule has 0 aliphatic heterocycles. The lowest BCUT2D eigenvalue weighted by Crippen LogP contribution is -2.36. The van der Waals surface area contributed by atoms with Gasteiger partial charge in [-0.3, -0.25) is 14.6 Å². The molecule has 0 spiro atoms. The Morgan fingerprint density at radius 3 is 2.66 bits per heavy atom. The Balaban J connectivity index is 1.78. The van der Waals surface area contributed by atoms with E-state index in [-0.39, 0.29) is 18.4 Å². The van der Waals surface area contributed by atoms with Gasteiger partial charge >= 0.3 is 0 Å². The number of aromatic nitrogens is 3. The molecule has 0 aliphatic carbocycles. The van der Waals surface area contributed by atoms with Crippen LogP contribution in [0.25, 0.3) is 23.0 Å². The van der Waals surface area contributed by atoms with Gasteiger partial charge in [-0.25, -0.2) is 4.68 Å². The van der Waals surface area contributed by atoms with Crippen molar-refractivity contribution in [1.82, 2.24) is 25.4 Å². The van der Waals surface area contributed by atoms with Crippen molar-refractivity contribution in [2.75, 3.05) is 13.1 Å². The Hall–Kier alpha value is -3.74. The lowest BCUT2D eigenvalue weighted by atomic mass is 10.1. The number of rotatable bonds is 8. The third-order valence-corrected chi connectivity index (χ3v) is 4.11. The van der Waals surface area contributed by atoms with E-state index in [2.05, 4.69) is 20.7 Å². The minimum atomic E-state index is -0.346. The first-order valence-electron chi connectivity index (χ1n) is 9.45. The van der Waals surface area contributed by atoms with Gasteiger partial charge in [0, 0.05) is 42.3 Å². The zero-order valence-corrected chi connectivity index (χ0v) is 16.2. The van der Waals surface area contributed by atoms with E-state index in [1.807, 2.05) is 55.6 Å². The smallest absolute Gasteiger partial charge is 0.244 e. The predicted octanol–water partition coefficient (Wildman–Crippen LogP) is 2.59. The summed E-state index contributed by atoms with van der Waals surface area (Å²) in [5.74, 6) is -0.553. The summed E-state index contributed by atoms with van der Waals surface area (Å²) in [5.41, 5.74) is 3.25. The first-order valence-corrected chi connectivity index (χ1v) is 9.45. The summed E-state index contributed by atoms with van der Waals surface area (Å²) >= 11 is 0. The second kappa shape index (κ2) is 9.98. The Morgan fingerprint density at radius 1 is 1.10 bits per heavy atom. The van der Waals surface area contributed by atoms with Gasteiger partial charge in [-0.05, 0) is 36.8 Å². The average molecular weight is 389 g/mol. The maximum atomic E-state index is 12.1. The van der Waals surface area contributed by atoms with Crippen LogP contribution in [0.2, 0.25) is 0 Å². The largest absolute Gasteiger partial charge is 0.355 e. The van der Waals surface area contributed by atoms with Crippen molar-refractivity contribution >= 4 is 17.9 Å². The molecule has 0 atom stereocenters. The fourth-order valence-electron chi connectivity index (χ4n) is 2.67.